The zero-order valence-corrected chi connectivity index (χ0v) is 13.4. The van der Waals surface area contributed by atoms with Crippen molar-refractivity contribution in [2.24, 2.45) is 11.7 Å². The number of rotatable bonds is 6. The molecule has 0 aliphatic carbocycles. The third-order valence-corrected chi connectivity index (χ3v) is 4.57. The maximum Gasteiger partial charge on any atom is 0.0820 e. The summed E-state index contributed by atoms with van der Waals surface area (Å²) in [6.45, 7) is 5.00. The van der Waals surface area contributed by atoms with Gasteiger partial charge in [-0.1, -0.05) is 37.3 Å². The van der Waals surface area contributed by atoms with Gasteiger partial charge in [0.1, 0.15) is 0 Å². The molecule has 4 heteroatoms. The molecule has 1 saturated heterocycles. The van der Waals surface area contributed by atoms with E-state index in [1.165, 1.54) is 5.56 Å². The zero-order valence-electron chi connectivity index (χ0n) is 13.4. The number of nitrogens with two attached hydrogens (primary N) is 1. The van der Waals surface area contributed by atoms with Crippen LogP contribution in [-0.2, 0) is 6.42 Å². The second-order valence-corrected chi connectivity index (χ2v) is 6.65. The van der Waals surface area contributed by atoms with Crippen molar-refractivity contribution in [2.75, 3.05) is 33.7 Å². The van der Waals surface area contributed by atoms with Gasteiger partial charge in [0.05, 0.1) is 6.10 Å². The summed E-state index contributed by atoms with van der Waals surface area (Å²) in [6, 6.07) is 10.5. The topological polar surface area (TPSA) is 52.7 Å². The SMILES string of the molecule is CC1CN(CC(O)C(N)Cc2ccccc2)CC1N(C)C. The molecule has 1 aromatic rings. The van der Waals surface area contributed by atoms with Gasteiger partial charge < -0.3 is 15.7 Å². The lowest BCUT2D eigenvalue weighted by molar-refractivity contribution is 0.0978. The fraction of sp³-hybridized carbons (Fsp3) is 0.647. The van der Waals surface area contributed by atoms with Crippen LogP contribution in [0.1, 0.15) is 12.5 Å². The third kappa shape index (κ3) is 4.51. The molecule has 1 aliphatic rings. The lowest BCUT2D eigenvalue weighted by atomic mass is 10.0. The minimum Gasteiger partial charge on any atom is -0.390 e. The number of aliphatic hydroxyl groups is 1. The van der Waals surface area contributed by atoms with Crippen molar-refractivity contribution in [2.45, 2.75) is 31.5 Å². The van der Waals surface area contributed by atoms with Crippen LogP contribution < -0.4 is 5.73 Å². The van der Waals surface area contributed by atoms with E-state index in [9.17, 15) is 5.11 Å². The molecule has 1 fully saturated rings. The molecule has 4 atom stereocenters. The molecule has 21 heavy (non-hydrogen) atoms. The molecular weight excluding hydrogens is 262 g/mol. The first-order valence-electron chi connectivity index (χ1n) is 7.83. The van der Waals surface area contributed by atoms with E-state index < -0.39 is 6.10 Å². The molecule has 4 nitrogen and oxygen atoms in total. The van der Waals surface area contributed by atoms with Crippen LogP contribution in [0.15, 0.2) is 30.3 Å². The first-order chi connectivity index (χ1) is 9.97. The van der Waals surface area contributed by atoms with E-state index in [1.807, 2.05) is 18.2 Å². The van der Waals surface area contributed by atoms with Gasteiger partial charge in [-0.2, -0.15) is 0 Å². The standard InChI is InChI=1S/C17H29N3O/c1-13-10-20(11-16(13)19(2)3)12-17(21)15(18)9-14-7-5-4-6-8-14/h4-8,13,15-17,21H,9-12,18H2,1-3H3. The van der Waals surface area contributed by atoms with Gasteiger partial charge in [-0.25, -0.2) is 0 Å². The van der Waals surface area contributed by atoms with E-state index in [0.29, 0.717) is 18.5 Å². The maximum absolute atomic E-state index is 10.4. The van der Waals surface area contributed by atoms with Crippen LogP contribution >= 0.6 is 0 Å². The number of hydrogen-bond acceptors (Lipinski definition) is 4. The number of benzene rings is 1. The van der Waals surface area contributed by atoms with E-state index in [2.05, 4.69) is 43.0 Å². The summed E-state index contributed by atoms with van der Waals surface area (Å²) in [7, 11) is 4.25. The molecule has 0 spiro atoms. The Balaban J connectivity index is 1.83. The second-order valence-electron chi connectivity index (χ2n) is 6.65. The average Bonchev–Trinajstić information content (AvgIpc) is 2.80. The minimum atomic E-state index is -0.474. The van der Waals surface area contributed by atoms with Gasteiger partial charge in [0.15, 0.2) is 0 Å². The molecule has 118 valence electrons. The quantitative estimate of drug-likeness (QED) is 0.814. The molecule has 3 N–H and O–H groups in total. The van der Waals surface area contributed by atoms with Gasteiger partial charge in [-0.05, 0) is 32.0 Å². The van der Waals surface area contributed by atoms with Gasteiger partial charge in [-0.15, -0.1) is 0 Å². The Morgan fingerprint density at radius 3 is 2.52 bits per heavy atom. The van der Waals surface area contributed by atoms with Crippen molar-refractivity contribution in [1.29, 1.82) is 0 Å². The number of nitrogens with zero attached hydrogens (tertiary/aromatic N) is 2. The Morgan fingerprint density at radius 1 is 1.29 bits per heavy atom. The Morgan fingerprint density at radius 2 is 1.95 bits per heavy atom. The average molecular weight is 291 g/mol. The molecule has 1 aromatic carbocycles. The van der Waals surface area contributed by atoms with Crippen LogP contribution in [0.25, 0.3) is 0 Å². The largest absolute Gasteiger partial charge is 0.390 e. The van der Waals surface area contributed by atoms with Crippen molar-refractivity contribution in [3.05, 3.63) is 35.9 Å². The Hall–Kier alpha value is -0.940. The molecule has 0 aromatic heterocycles. The first kappa shape index (κ1) is 16.4. The highest BCUT2D eigenvalue weighted by Gasteiger charge is 2.32. The summed E-state index contributed by atoms with van der Waals surface area (Å²) >= 11 is 0. The number of β-amino-alcohol motifs (C(OH)–C–C–N with tert-alkyl or cyclic N) is 1. The molecule has 2 rings (SSSR count). The van der Waals surface area contributed by atoms with Crippen molar-refractivity contribution in [3.63, 3.8) is 0 Å². The highest BCUT2D eigenvalue weighted by Crippen LogP contribution is 2.20. The summed E-state index contributed by atoms with van der Waals surface area (Å²) in [5, 5.41) is 10.4. The summed E-state index contributed by atoms with van der Waals surface area (Å²) in [5.41, 5.74) is 7.35. The molecule has 0 saturated carbocycles. The lowest BCUT2D eigenvalue weighted by Gasteiger charge is -2.25. The monoisotopic (exact) mass is 291 g/mol. The third-order valence-electron chi connectivity index (χ3n) is 4.57. The van der Waals surface area contributed by atoms with Crippen LogP contribution in [0, 0.1) is 5.92 Å². The van der Waals surface area contributed by atoms with Gasteiger partial charge in [0.25, 0.3) is 0 Å². The normalized spacial score (nSPS) is 26.2. The summed E-state index contributed by atoms with van der Waals surface area (Å²) in [5.74, 6) is 0.637. The number of likely N-dealkylation sites (N-methyl/N-ethyl adjacent to an activating group) is 1. The van der Waals surface area contributed by atoms with Crippen molar-refractivity contribution >= 4 is 0 Å². The second kappa shape index (κ2) is 7.36. The molecule has 1 heterocycles. The molecule has 1 aliphatic heterocycles. The number of aliphatic hydroxyl groups excluding tert-OH is 1. The van der Waals surface area contributed by atoms with Gasteiger partial charge in [-0.3, -0.25) is 4.90 Å². The fourth-order valence-corrected chi connectivity index (χ4v) is 3.29. The molecule has 0 bridgehead atoms. The van der Waals surface area contributed by atoms with E-state index >= 15 is 0 Å². The summed E-state index contributed by atoms with van der Waals surface area (Å²) in [6.07, 6.45) is 0.251. The van der Waals surface area contributed by atoms with Gasteiger partial charge in [0, 0.05) is 31.7 Å². The summed E-state index contributed by atoms with van der Waals surface area (Å²) in [4.78, 5) is 4.62. The van der Waals surface area contributed by atoms with Crippen molar-refractivity contribution in [3.8, 4) is 0 Å². The Labute approximate surface area is 128 Å². The van der Waals surface area contributed by atoms with Crippen molar-refractivity contribution < 1.29 is 5.11 Å². The Bertz CT molecular complexity index is 423. The van der Waals surface area contributed by atoms with Crippen LogP contribution in [0.2, 0.25) is 0 Å². The lowest BCUT2D eigenvalue weighted by Crippen LogP contribution is -2.44. The number of hydrogen-bond donors (Lipinski definition) is 2. The van der Waals surface area contributed by atoms with E-state index in [-0.39, 0.29) is 6.04 Å². The molecule has 0 radical (unpaired) electrons. The highest BCUT2D eigenvalue weighted by atomic mass is 16.3. The van der Waals surface area contributed by atoms with Gasteiger partial charge >= 0.3 is 0 Å². The van der Waals surface area contributed by atoms with E-state index in [1.54, 1.807) is 0 Å². The Kier molecular flexibility index (Phi) is 5.76. The zero-order chi connectivity index (χ0) is 15.4. The predicted molar refractivity (Wildman–Crippen MR) is 87.2 cm³/mol. The van der Waals surface area contributed by atoms with Gasteiger partial charge in [0.2, 0.25) is 0 Å². The van der Waals surface area contributed by atoms with Crippen LogP contribution in [0.4, 0.5) is 0 Å². The number of likely N-dealkylation sites (tertiary alicyclic amines) is 1. The molecule has 0 amide bonds. The first-order valence-corrected chi connectivity index (χ1v) is 7.83. The summed E-state index contributed by atoms with van der Waals surface area (Å²) < 4.78 is 0. The molecular formula is C17H29N3O. The predicted octanol–water partition coefficient (Wildman–Crippen LogP) is 0.799. The van der Waals surface area contributed by atoms with E-state index in [0.717, 1.165) is 19.5 Å². The maximum atomic E-state index is 10.4. The fourth-order valence-electron chi connectivity index (χ4n) is 3.29. The highest BCUT2D eigenvalue weighted by molar-refractivity contribution is 5.16. The minimum absolute atomic E-state index is 0.207. The van der Waals surface area contributed by atoms with E-state index in [4.69, 9.17) is 5.73 Å². The molecule has 4 unspecified atom stereocenters. The van der Waals surface area contributed by atoms with Crippen LogP contribution in [0.3, 0.4) is 0 Å². The van der Waals surface area contributed by atoms with Crippen LogP contribution in [-0.4, -0.2) is 66.8 Å². The van der Waals surface area contributed by atoms with Crippen molar-refractivity contribution in [1.82, 2.24) is 9.80 Å². The smallest absolute Gasteiger partial charge is 0.0820 e. The van der Waals surface area contributed by atoms with Crippen LogP contribution in [0.5, 0.6) is 0 Å².